The van der Waals surface area contributed by atoms with Gasteiger partial charge in [-0.3, -0.25) is 0 Å². The van der Waals surface area contributed by atoms with Crippen molar-refractivity contribution in [1.82, 2.24) is 5.32 Å². The second-order valence-electron chi connectivity index (χ2n) is 3.56. The molecule has 0 bridgehead atoms. The Morgan fingerprint density at radius 2 is 2.00 bits per heavy atom. The Balaban J connectivity index is 0.00000256. The van der Waals surface area contributed by atoms with Crippen LogP contribution in [-0.4, -0.2) is 20.3 Å². The summed E-state index contributed by atoms with van der Waals surface area (Å²) in [6.45, 7) is 6.63. The van der Waals surface area contributed by atoms with Crippen LogP contribution in [-0.2, 0) is 6.54 Å². The van der Waals surface area contributed by atoms with Gasteiger partial charge in [0.15, 0.2) is 11.5 Å². The molecule has 0 amide bonds. The quantitative estimate of drug-likeness (QED) is 0.764. The predicted molar refractivity (Wildman–Crippen MR) is 73.4 cm³/mol. The summed E-state index contributed by atoms with van der Waals surface area (Å²) in [6.07, 6.45) is 1.13. The van der Waals surface area contributed by atoms with Crippen molar-refractivity contribution in [3.63, 3.8) is 0 Å². The molecule has 0 fully saturated rings. The van der Waals surface area contributed by atoms with Gasteiger partial charge in [-0.15, -0.1) is 12.4 Å². The molecule has 1 aromatic rings. The molecule has 0 radical (unpaired) electrons. The van der Waals surface area contributed by atoms with Gasteiger partial charge in [0.1, 0.15) is 0 Å². The van der Waals surface area contributed by atoms with Crippen molar-refractivity contribution in [2.45, 2.75) is 26.8 Å². The normalized spacial score (nSPS) is 9.59. The summed E-state index contributed by atoms with van der Waals surface area (Å²) in [6, 6.07) is 5.98. The average Bonchev–Trinajstić information content (AvgIpc) is 2.31. The lowest BCUT2D eigenvalue weighted by Crippen LogP contribution is -2.15. The Morgan fingerprint density at radius 3 is 2.59 bits per heavy atom. The summed E-state index contributed by atoms with van der Waals surface area (Å²) >= 11 is 0. The minimum Gasteiger partial charge on any atom is -0.493 e. The maximum Gasteiger partial charge on any atom is 0.165 e. The van der Waals surface area contributed by atoms with E-state index >= 15 is 0 Å². The second-order valence-corrected chi connectivity index (χ2v) is 3.56. The molecule has 0 saturated heterocycles. The van der Waals surface area contributed by atoms with E-state index in [0.29, 0.717) is 6.61 Å². The van der Waals surface area contributed by atoms with E-state index in [4.69, 9.17) is 9.47 Å². The third-order valence-electron chi connectivity index (χ3n) is 2.31. The van der Waals surface area contributed by atoms with Gasteiger partial charge in [0.05, 0.1) is 13.7 Å². The number of methoxy groups -OCH3 is 1. The molecule has 1 aromatic carbocycles. The fraction of sp³-hybridized carbons (Fsp3) is 0.538. The van der Waals surface area contributed by atoms with Crippen molar-refractivity contribution in [2.75, 3.05) is 20.3 Å². The number of hydrogen-bond donors (Lipinski definition) is 1. The highest BCUT2D eigenvalue weighted by Crippen LogP contribution is 2.30. The maximum atomic E-state index is 5.62. The van der Waals surface area contributed by atoms with Crippen LogP contribution in [0.2, 0.25) is 0 Å². The van der Waals surface area contributed by atoms with Gasteiger partial charge in [0, 0.05) is 12.1 Å². The molecule has 98 valence electrons. The van der Waals surface area contributed by atoms with Crippen LogP contribution in [0.3, 0.4) is 0 Å². The zero-order valence-electron chi connectivity index (χ0n) is 10.8. The molecule has 3 nitrogen and oxygen atoms in total. The highest BCUT2D eigenvalue weighted by molar-refractivity contribution is 5.85. The van der Waals surface area contributed by atoms with Crippen LogP contribution < -0.4 is 14.8 Å². The van der Waals surface area contributed by atoms with Crippen molar-refractivity contribution in [1.29, 1.82) is 0 Å². The van der Waals surface area contributed by atoms with Gasteiger partial charge in [0.2, 0.25) is 0 Å². The molecule has 0 heterocycles. The van der Waals surface area contributed by atoms with E-state index in [1.54, 1.807) is 7.11 Å². The zero-order chi connectivity index (χ0) is 11.8. The summed E-state index contributed by atoms with van der Waals surface area (Å²) < 4.78 is 10.9. The first-order chi connectivity index (χ1) is 7.83. The van der Waals surface area contributed by atoms with Crippen molar-refractivity contribution < 1.29 is 9.47 Å². The first kappa shape index (κ1) is 16.1. The number of rotatable bonds is 7. The van der Waals surface area contributed by atoms with Gasteiger partial charge in [-0.1, -0.05) is 19.1 Å². The fourth-order valence-electron chi connectivity index (χ4n) is 1.57. The second kappa shape index (κ2) is 9.14. The third kappa shape index (κ3) is 4.84. The van der Waals surface area contributed by atoms with Crippen LogP contribution in [0.5, 0.6) is 11.5 Å². The van der Waals surface area contributed by atoms with Gasteiger partial charge in [0.25, 0.3) is 0 Å². The lowest BCUT2D eigenvalue weighted by Gasteiger charge is -2.14. The summed E-state index contributed by atoms with van der Waals surface area (Å²) in [5.74, 6) is 1.66. The molecule has 0 spiro atoms. The molecule has 1 rings (SSSR count). The highest BCUT2D eigenvalue weighted by Gasteiger charge is 2.09. The van der Waals surface area contributed by atoms with E-state index in [0.717, 1.165) is 36.6 Å². The molecule has 0 unspecified atom stereocenters. The molecule has 0 aromatic heterocycles. The lowest BCUT2D eigenvalue weighted by atomic mass is 10.2. The minimum atomic E-state index is 0. The molecule has 0 saturated carbocycles. The number of ether oxygens (including phenoxy) is 2. The molecule has 4 heteroatoms. The molecular formula is C13H22ClNO2. The van der Waals surface area contributed by atoms with Gasteiger partial charge < -0.3 is 14.8 Å². The predicted octanol–water partition coefficient (Wildman–Crippen LogP) is 3.02. The molecule has 0 aliphatic heterocycles. The Morgan fingerprint density at radius 1 is 1.24 bits per heavy atom. The maximum absolute atomic E-state index is 5.62. The van der Waals surface area contributed by atoms with Crippen molar-refractivity contribution >= 4 is 12.4 Å². The number of hydrogen-bond acceptors (Lipinski definition) is 3. The van der Waals surface area contributed by atoms with Crippen LogP contribution in [0.4, 0.5) is 0 Å². The molecular weight excluding hydrogens is 238 g/mol. The van der Waals surface area contributed by atoms with Crippen LogP contribution >= 0.6 is 12.4 Å². The summed E-state index contributed by atoms with van der Waals surface area (Å²) in [5, 5.41) is 3.37. The molecule has 0 aliphatic rings. The monoisotopic (exact) mass is 259 g/mol. The SMILES string of the molecule is CCCNCc1cccc(OC)c1OCC.Cl. The Bertz CT molecular complexity index is 318. The van der Waals surface area contributed by atoms with Crippen LogP contribution in [0.15, 0.2) is 18.2 Å². The Hall–Kier alpha value is -0.930. The molecule has 0 atom stereocenters. The Kier molecular flexibility index (Phi) is 8.64. The van der Waals surface area contributed by atoms with Crippen molar-refractivity contribution in [2.24, 2.45) is 0 Å². The number of nitrogens with one attached hydrogen (secondary N) is 1. The third-order valence-corrected chi connectivity index (χ3v) is 2.31. The van der Waals surface area contributed by atoms with Crippen molar-refractivity contribution in [3.8, 4) is 11.5 Å². The van der Waals surface area contributed by atoms with Crippen LogP contribution in [0.25, 0.3) is 0 Å². The van der Waals surface area contributed by atoms with E-state index in [9.17, 15) is 0 Å². The highest BCUT2D eigenvalue weighted by atomic mass is 35.5. The first-order valence-corrected chi connectivity index (χ1v) is 5.82. The van der Waals surface area contributed by atoms with Crippen LogP contribution in [0.1, 0.15) is 25.8 Å². The lowest BCUT2D eigenvalue weighted by molar-refractivity contribution is 0.307. The van der Waals surface area contributed by atoms with E-state index in [-0.39, 0.29) is 12.4 Å². The van der Waals surface area contributed by atoms with Gasteiger partial charge in [-0.2, -0.15) is 0 Å². The number of para-hydroxylation sites is 1. The van der Waals surface area contributed by atoms with E-state index < -0.39 is 0 Å². The first-order valence-electron chi connectivity index (χ1n) is 5.82. The smallest absolute Gasteiger partial charge is 0.165 e. The average molecular weight is 260 g/mol. The fourth-order valence-corrected chi connectivity index (χ4v) is 1.57. The van der Waals surface area contributed by atoms with Crippen molar-refractivity contribution in [3.05, 3.63) is 23.8 Å². The number of halogens is 1. The molecule has 0 aliphatic carbocycles. The van der Waals surface area contributed by atoms with Gasteiger partial charge in [-0.05, 0) is 26.0 Å². The topological polar surface area (TPSA) is 30.5 Å². The van der Waals surface area contributed by atoms with E-state index in [1.807, 2.05) is 19.1 Å². The van der Waals surface area contributed by atoms with E-state index in [2.05, 4.69) is 18.3 Å². The summed E-state index contributed by atoms with van der Waals surface area (Å²) in [7, 11) is 1.67. The number of benzene rings is 1. The largest absolute Gasteiger partial charge is 0.493 e. The summed E-state index contributed by atoms with van der Waals surface area (Å²) in [5.41, 5.74) is 1.15. The molecule has 1 N–H and O–H groups in total. The summed E-state index contributed by atoms with van der Waals surface area (Å²) in [4.78, 5) is 0. The van der Waals surface area contributed by atoms with Gasteiger partial charge in [-0.25, -0.2) is 0 Å². The standard InChI is InChI=1S/C13H21NO2.ClH/c1-4-9-14-10-11-7-6-8-12(15-3)13(11)16-5-2;/h6-8,14H,4-5,9-10H2,1-3H3;1H. The van der Waals surface area contributed by atoms with Gasteiger partial charge >= 0.3 is 0 Å². The van der Waals surface area contributed by atoms with E-state index in [1.165, 1.54) is 0 Å². The zero-order valence-corrected chi connectivity index (χ0v) is 11.6. The Labute approximate surface area is 110 Å². The van der Waals surface area contributed by atoms with Crippen LogP contribution in [0, 0.1) is 0 Å². The minimum absolute atomic E-state index is 0. The molecule has 17 heavy (non-hydrogen) atoms.